The molecule has 2 aliphatic rings. The van der Waals surface area contributed by atoms with Crippen LogP contribution in [0.25, 0.3) is 72.0 Å². The van der Waals surface area contributed by atoms with Crippen LogP contribution in [0.2, 0.25) is 0 Å². The number of hydrogen-bond donors (Lipinski definition) is 0. The van der Waals surface area contributed by atoms with Crippen LogP contribution in [0.1, 0.15) is 25.3 Å². The van der Waals surface area contributed by atoms with Crippen LogP contribution in [0.5, 0.6) is 0 Å². The van der Waals surface area contributed by atoms with Gasteiger partial charge in [-0.3, -0.25) is 0 Å². The number of fused-ring (bicyclic) bond motifs is 7. The average Bonchev–Trinajstić information content (AvgIpc) is 3.75. The second-order valence-corrected chi connectivity index (χ2v) is 19.3. The molecule has 11 aromatic rings. The lowest BCUT2D eigenvalue weighted by Crippen LogP contribution is -2.60. The van der Waals surface area contributed by atoms with Gasteiger partial charge >= 0.3 is 0 Å². The van der Waals surface area contributed by atoms with E-state index in [0.717, 1.165) is 24.9 Å². The molecule has 3 heterocycles. The van der Waals surface area contributed by atoms with Gasteiger partial charge < -0.3 is 9.47 Å². The van der Waals surface area contributed by atoms with Gasteiger partial charge in [0.2, 0.25) is 6.71 Å². The predicted molar refractivity (Wildman–Crippen MR) is 291 cm³/mol. The largest absolute Gasteiger partial charge is 0.310 e. The van der Waals surface area contributed by atoms with Crippen molar-refractivity contribution in [3.8, 4) is 50.2 Å². The summed E-state index contributed by atoms with van der Waals surface area (Å²) in [6, 6.07) is 86.2. The quantitative estimate of drug-likeness (QED) is 0.133. The Bertz CT molecular complexity index is 3580. The first-order chi connectivity index (χ1) is 33.7. The number of benzene rings is 10. The van der Waals surface area contributed by atoms with E-state index in [1.165, 1.54) is 115 Å². The molecule has 0 saturated carbocycles. The molecular formula is C64H47BN2S. The molecule has 0 N–H and O–H groups in total. The first-order valence-electron chi connectivity index (χ1n) is 24.0. The van der Waals surface area contributed by atoms with Gasteiger partial charge in [0.05, 0.1) is 16.7 Å². The van der Waals surface area contributed by atoms with Gasteiger partial charge in [-0.1, -0.05) is 206 Å². The molecule has 0 fully saturated rings. The molecule has 0 radical (unpaired) electrons. The zero-order valence-electron chi connectivity index (χ0n) is 37.9. The third kappa shape index (κ3) is 6.73. The first kappa shape index (κ1) is 40.5. The molecule has 2 nitrogen and oxygen atoms in total. The molecule has 10 aromatic carbocycles. The van der Waals surface area contributed by atoms with Gasteiger partial charge in [-0.2, -0.15) is 0 Å². The van der Waals surface area contributed by atoms with Gasteiger partial charge in [0.1, 0.15) is 0 Å². The normalized spacial score (nSPS) is 12.5. The van der Waals surface area contributed by atoms with Crippen LogP contribution in [-0.2, 0) is 6.42 Å². The number of hydrogen-bond acceptors (Lipinski definition) is 2. The van der Waals surface area contributed by atoms with Crippen molar-refractivity contribution in [3.05, 3.63) is 236 Å². The molecule has 0 spiro atoms. The Morgan fingerprint density at radius 2 is 0.985 bits per heavy atom. The second kappa shape index (κ2) is 16.8. The van der Waals surface area contributed by atoms with Crippen LogP contribution in [0.3, 0.4) is 0 Å². The molecule has 0 saturated heterocycles. The highest BCUT2D eigenvalue weighted by Crippen LogP contribution is 2.51. The number of anilines is 3. The van der Waals surface area contributed by atoms with Crippen molar-refractivity contribution in [3.63, 3.8) is 0 Å². The minimum atomic E-state index is 0.0162. The summed E-state index contributed by atoms with van der Waals surface area (Å²) < 4.78 is 2.48. The highest BCUT2D eigenvalue weighted by Gasteiger charge is 2.43. The molecule has 0 aliphatic carbocycles. The molecular weight excluding hydrogens is 840 g/mol. The second-order valence-electron chi connectivity index (χ2n) is 18.3. The molecule has 322 valence electrons. The van der Waals surface area contributed by atoms with E-state index in [0.29, 0.717) is 0 Å². The van der Waals surface area contributed by atoms with E-state index >= 15 is 0 Å². The van der Waals surface area contributed by atoms with Crippen LogP contribution in [0.15, 0.2) is 240 Å². The van der Waals surface area contributed by atoms with Crippen molar-refractivity contribution in [1.82, 2.24) is 4.57 Å². The first-order valence-corrected chi connectivity index (χ1v) is 24.8. The van der Waals surface area contributed by atoms with Crippen LogP contribution in [-0.4, -0.2) is 11.3 Å². The predicted octanol–water partition coefficient (Wildman–Crippen LogP) is 15.6. The van der Waals surface area contributed by atoms with E-state index in [1.54, 1.807) is 0 Å². The third-order valence-electron chi connectivity index (χ3n) is 14.2. The number of aryl methyl sites for hydroxylation is 1. The Morgan fingerprint density at radius 3 is 1.59 bits per heavy atom. The van der Waals surface area contributed by atoms with Crippen molar-refractivity contribution >= 4 is 73.7 Å². The summed E-state index contributed by atoms with van der Waals surface area (Å²) in [5.41, 5.74) is 22.3. The maximum Gasteiger partial charge on any atom is 0.249 e. The average molecular weight is 887 g/mol. The van der Waals surface area contributed by atoms with E-state index < -0.39 is 0 Å². The number of unbranched alkanes of at least 4 members (excludes halogenated alkanes) is 1. The fourth-order valence-corrected chi connectivity index (χ4v) is 12.3. The van der Waals surface area contributed by atoms with Crippen LogP contribution in [0.4, 0.5) is 17.1 Å². The number of nitrogens with zero attached hydrogens (tertiary/aromatic N) is 2. The summed E-state index contributed by atoms with van der Waals surface area (Å²) in [7, 11) is 0. The highest BCUT2D eigenvalue weighted by atomic mass is 32.2. The fourth-order valence-electron chi connectivity index (χ4n) is 11.1. The lowest BCUT2D eigenvalue weighted by Gasteiger charge is -2.42. The number of para-hydroxylation sites is 2. The highest BCUT2D eigenvalue weighted by molar-refractivity contribution is 8.00. The molecule has 0 bridgehead atoms. The zero-order valence-corrected chi connectivity index (χ0v) is 38.8. The van der Waals surface area contributed by atoms with Crippen LogP contribution in [0, 0.1) is 0 Å². The van der Waals surface area contributed by atoms with Gasteiger partial charge in [0, 0.05) is 48.8 Å². The van der Waals surface area contributed by atoms with Crippen LogP contribution >= 0.6 is 11.8 Å². The molecule has 0 amide bonds. The molecule has 4 heteroatoms. The summed E-state index contributed by atoms with van der Waals surface area (Å²) in [6.45, 7) is 2.32. The van der Waals surface area contributed by atoms with Crippen molar-refractivity contribution in [2.75, 3.05) is 4.90 Å². The van der Waals surface area contributed by atoms with Gasteiger partial charge in [-0.15, -0.1) is 0 Å². The Kier molecular flexibility index (Phi) is 10.0. The summed E-state index contributed by atoms with van der Waals surface area (Å²) in [6.07, 6.45) is 3.29. The van der Waals surface area contributed by atoms with Crippen LogP contribution < -0.4 is 21.3 Å². The summed E-state index contributed by atoms with van der Waals surface area (Å²) in [5.74, 6) is 0. The van der Waals surface area contributed by atoms with Crippen molar-refractivity contribution in [1.29, 1.82) is 0 Å². The van der Waals surface area contributed by atoms with E-state index in [9.17, 15) is 0 Å². The van der Waals surface area contributed by atoms with Crippen molar-refractivity contribution in [2.45, 2.75) is 36.0 Å². The van der Waals surface area contributed by atoms with E-state index in [-0.39, 0.29) is 6.71 Å². The summed E-state index contributed by atoms with van der Waals surface area (Å²) in [4.78, 5) is 5.36. The van der Waals surface area contributed by atoms with E-state index in [2.05, 4.69) is 247 Å². The third-order valence-corrected chi connectivity index (χ3v) is 15.3. The Labute approximate surface area is 403 Å². The monoisotopic (exact) mass is 886 g/mol. The Morgan fingerprint density at radius 1 is 0.426 bits per heavy atom. The van der Waals surface area contributed by atoms with E-state index in [4.69, 9.17) is 0 Å². The molecule has 13 rings (SSSR count). The SMILES string of the molecule is CCCCc1cc2c3c(c1)N(c1c(-c4ccccc4)cc(-c4ccccc4)cc1-c1ccccc1)c1cc(-n4c5ccccc5c5ccccc54)ccc1B3c1cc(-c3ccccc3)ccc1S2. The lowest BCUT2D eigenvalue weighted by atomic mass is 9.34. The van der Waals surface area contributed by atoms with Gasteiger partial charge in [-0.05, 0) is 117 Å². The number of aromatic nitrogens is 1. The summed E-state index contributed by atoms with van der Waals surface area (Å²) in [5, 5.41) is 2.52. The van der Waals surface area contributed by atoms with Gasteiger partial charge in [0.25, 0.3) is 0 Å². The topological polar surface area (TPSA) is 8.17 Å². The molecule has 0 atom stereocenters. The summed E-state index contributed by atoms with van der Waals surface area (Å²) >= 11 is 1.95. The number of rotatable bonds is 9. The van der Waals surface area contributed by atoms with Gasteiger partial charge in [-0.25, -0.2) is 0 Å². The maximum absolute atomic E-state index is 2.68. The van der Waals surface area contributed by atoms with Gasteiger partial charge in [0.15, 0.2) is 0 Å². The molecule has 2 aliphatic heterocycles. The van der Waals surface area contributed by atoms with E-state index in [1.807, 2.05) is 11.8 Å². The Hall–Kier alpha value is -7.79. The minimum absolute atomic E-state index is 0.0162. The van der Waals surface area contributed by atoms with Crippen molar-refractivity contribution < 1.29 is 0 Å². The zero-order chi connectivity index (χ0) is 45.1. The molecule has 1 aromatic heterocycles. The Balaban J connectivity index is 1.17. The van der Waals surface area contributed by atoms with Crippen molar-refractivity contribution in [2.24, 2.45) is 0 Å². The lowest BCUT2D eigenvalue weighted by molar-refractivity contribution is 0.794. The maximum atomic E-state index is 2.68. The minimum Gasteiger partial charge on any atom is -0.310 e. The molecule has 0 unspecified atom stereocenters. The fraction of sp³-hybridized carbons (Fsp3) is 0.0625. The smallest absolute Gasteiger partial charge is 0.249 e. The standard InChI is InChI=1S/C64H47BN2S/c1-2-3-20-43-37-60-63-62(38-43)68-61-36-33-48(44-21-8-4-9-22-44)41-56(61)65(63)55-35-34-50(66-57-31-18-16-29-51(57)52-30-17-19-32-58(52)66)42-59(55)67(60)64-53(46-25-12-6-13-26-46)39-49(45-23-10-5-11-24-45)40-54(64)47-27-14-7-15-28-47/h4-19,21-42H,2-3,20H2,1H3. The molecule has 68 heavy (non-hydrogen) atoms.